The minimum absolute atomic E-state index is 0.0443. The molecule has 0 saturated carbocycles. The van der Waals surface area contributed by atoms with Gasteiger partial charge in [-0.1, -0.05) is 45.0 Å². The molecule has 0 atom stereocenters. The van der Waals surface area contributed by atoms with Crippen LogP contribution in [0, 0.1) is 13.8 Å². The van der Waals surface area contributed by atoms with E-state index in [0.717, 1.165) is 11.1 Å². The van der Waals surface area contributed by atoms with Crippen molar-refractivity contribution in [1.29, 1.82) is 0 Å². The summed E-state index contributed by atoms with van der Waals surface area (Å²) >= 11 is 0. The molecular weight excluding hydrogens is 300 g/mol. The normalized spacial score (nSPS) is 11.0. The molecule has 2 N–H and O–H groups in total. The van der Waals surface area contributed by atoms with E-state index in [1.165, 1.54) is 5.56 Å². The zero-order chi connectivity index (χ0) is 17.9. The van der Waals surface area contributed by atoms with Crippen LogP contribution in [-0.4, -0.2) is 11.8 Å². The van der Waals surface area contributed by atoms with Crippen molar-refractivity contribution in [2.75, 3.05) is 10.6 Å². The number of hydrogen-bond donors (Lipinski definition) is 2. The highest BCUT2D eigenvalue weighted by atomic mass is 16.2. The standard InChI is InChI=1S/C20H24N2O2/c1-13-6-7-14(2)17(12-13)22-19(24)18(23)21-16-10-8-15(9-11-16)20(3,4)5/h6-12H,1-5H3,(H,21,23)(H,22,24). The van der Waals surface area contributed by atoms with Gasteiger partial charge in [0.05, 0.1) is 0 Å². The van der Waals surface area contributed by atoms with Crippen LogP contribution in [0.25, 0.3) is 0 Å². The molecule has 0 aliphatic rings. The first-order valence-electron chi connectivity index (χ1n) is 7.97. The Hall–Kier alpha value is -2.62. The Morgan fingerprint density at radius 3 is 2.00 bits per heavy atom. The zero-order valence-corrected chi connectivity index (χ0v) is 14.9. The van der Waals surface area contributed by atoms with Gasteiger partial charge < -0.3 is 10.6 Å². The molecular formula is C20H24N2O2. The van der Waals surface area contributed by atoms with Crippen molar-refractivity contribution in [3.63, 3.8) is 0 Å². The van der Waals surface area contributed by atoms with Gasteiger partial charge in [-0.05, 0) is 54.2 Å². The maximum Gasteiger partial charge on any atom is 0.314 e. The molecule has 4 heteroatoms. The van der Waals surface area contributed by atoms with Gasteiger partial charge >= 0.3 is 11.8 Å². The van der Waals surface area contributed by atoms with Crippen molar-refractivity contribution in [2.45, 2.75) is 40.0 Å². The molecule has 0 radical (unpaired) electrons. The molecule has 2 aromatic carbocycles. The van der Waals surface area contributed by atoms with Crippen LogP contribution in [0.2, 0.25) is 0 Å². The van der Waals surface area contributed by atoms with Gasteiger partial charge in [0.2, 0.25) is 0 Å². The van der Waals surface area contributed by atoms with Crippen LogP contribution in [0.5, 0.6) is 0 Å². The molecule has 2 rings (SSSR count). The topological polar surface area (TPSA) is 58.2 Å². The van der Waals surface area contributed by atoms with Crippen LogP contribution in [-0.2, 0) is 15.0 Å². The molecule has 0 saturated heterocycles. The quantitative estimate of drug-likeness (QED) is 0.814. The van der Waals surface area contributed by atoms with E-state index in [2.05, 4.69) is 31.4 Å². The summed E-state index contributed by atoms with van der Waals surface area (Å²) in [6.45, 7) is 10.2. The molecule has 2 aromatic rings. The van der Waals surface area contributed by atoms with Crippen LogP contribution in [0.4, 0.5) is 11.4 Å². The molecule has 126 valence electrons. The SMILES string of the molecule is Cc1ccc(C)c(NC(=O)C(=O)Nc2ccc(C(C)(C)C)cc2)c1. The fraction of sp³-hybridized carbons (Fsp3) is 0.300. The van der Waals surface area contributed by atoms with E-state index >= 15 is 0 Å². The van der Waals surface area contributed by atoms with Gasteiger partial charge in [0.1, 0.15) is 0 Å². The minimum Gasteiger partial charge on any atom is -0.318 e. The van der Waals surface area contributed by atoms with Gasteiger partial charge in [-0.25, -0.2) is 0 Å². The van der Waals surface area contributed by atoms with Crippen molar-refractivity contribution in [3.05, 3.63) is 59.2 Å². The lowest BCUT2D eigenvalue weighted by molar-refractivity contribution is -0.133. The molecule has 0 aliphatic heterocycles. The number of nitrogens with one attached hydrogen (secondary N) is 2. The third-order valence-corrected chi connectivity index (χ3v) is 3.86. The molecule has 0 heterocycles. The molecule has 0 spiro atoms. The number of hydrogen-bond acceptors (Lipinski definition) is 2. The first-order valence-corrected chi connectivity index (χ1v) is 7.97. The van der Waals surface area contributed by atoms with Crippen LogP contribution >= 0.6 is 0 Å². The lowest BCUT2D eigenvalue weighted by atomic mass is 9.87. The summed E-state index contributed by atoms with van der Waals surface area (Å²) in [5.74, 6) is -1.36. The molecule has 0 aliphatic carbocycles. The van der Waals surface area contributed by atoms with Crippen molar-refractivity contribution in [2.24, 2.45) is 0 Å². The summed E-state index contributed by atoms with van der Waals surface area (Å²) in [4.78, 5) is 24.2. The van der Waals surface area contributed by atoms with E-state index in [1.54, 1.807) is 0 Å². The monoisotopic (exact) mass is 324 g/mol. The largest absolute Gasteiger partial charge is 0.318 e. The molecule has 0 aromatic heterocycles. The first-order chi connectivity index (χ1) is 11.2. The van der Waals surface area contributed by atoms with Gasteiger partial charge in [-0.3, -0.25) is 9.59 Å². The Labute approximate surface area is 143 Å². The Morgan fingerprint density at radius 1 is 0.833 bits per heavy atom. The molecule has 0 unspecified atom stereocenters. The minimum atomic E-state index is -0.681. The number of carbonyl (C=O) groups is 2. The summed E-state index contributed by atoms with van der Waals surface area (Å²) in [6, 6.07) is 13.2. The predicted octanol–water partition coefficient (Wildman–Crippen LogP) is 4.18. The number of carbonyl (C=O) groups excluding carboxylic acids is 2. The van der Waals surface area contributed by atoms with Crippen LogP contribution in [0.15, 0.2) is 42.5 Å². The van der Waals surface area contributed by atoms with E-state index in [4.69, 9.17) is 0 Å². The van der Waals surface area contributed by atoms with Gasteiger partial charge in [-0.15, -0.1) is 0 Å². The summed E-state index contributed by atoms with van der Waals surface area (Å²) in [5.41, 5.74) is 4.40. The third kappa shape index (κ3) is 4.44. The fourth-order valence-electron chi connectivity index (χ4n) is 2.29. The second-order valence-electron chi connectivity index (χ2n) is 7.05. The average Bonchev–Trinajstić information content (AvgIpc) is 2.50. The Morgan fingerprint density at radius 2 is 1.42 bits per heavy atom. The Bertz CT molecular complexity index is 756. The van der Waals surface area contributed by atoms with Crippen molar-refractivity contribution in [3.8, 4) is 0 Å². The van der Waals surface area contributed by atoms with Gasteiger partial charge in [0.15, 0.2) is 0 Å². The Kier molecular flexibility index (Phi) is 5.07. The number of rotatable bonds is 2. The van der Waals surface area contributed by atoms with Crippen molar-refractivity contribution < 1.29 is 9.59 Å². The Balaban J connectivity index is 2.04. The molecule has 24 heavy (non-hydrogen) atoms. The van der Waals surface area contributed by atoms with E-state index in [9.17, 15) is 9.59 Å². The number of benzene rings is 2. The average molecular weight is 324 g/mol. The van der Waals surface area contributed by atoms with Gasteiger partial charge in [0, 0.05) is 11.4 Å². The molecule has 0 bridgehead atoms. The highest BCUT2D eigenvalue weighted by Crippen LogP contribution is 2.23. The first kappa shape index (κ1) is 17.7. The van der Waals surface area contributed by atoms with Gasteiger partial charge in [0.25, 0.3) is 0 Å². The summed E-state index contributed by atoms with van der Waals surface area (Å²) in [5, 5.41) is 5.28. The summed E-state index contributed by atoms with van der Waals surface area (Å²) in [6.07, 6.45) is 0. The predicted molar refractivity (Wildman–Crippen MR) is 98.3 cm³/mol. The molecule has 4 nitrogen and oxygen atoms in total. The maximum atomic E-state index is 12.1. The van der Waals surface area contributed by atoms with Crippen LogP contribution < -0.4 is 10.6 Å². The summed E-state index contributed by atoms with van der Waals surface area (Å²) < 4.78 is 0. The number of amides is 2. The van der Waals surface area contributed by atoms with Crippen molar-refractivity contribution in [1.82, 2.24) is 0 Å². The smallest absolute Gasteiger partial charge is 0.314 e. The van der Waals surface area contributed by atoms with E-state index in [1.807, 2.05) is 56.3 Å². The third-order valence-electron chi connectivity index (χ3n) is 3.86. The van der Waals surface area contributed by atoms with E-state index in [-0.39, 0.29) is 5.41 Å². The highest BCUT2D eigenvalue weighted by molar-refractivity contribution is 6.43. The zero-order valence-electron chi connectivity index (χ0n) is 14.9. The molecule has 0 fully saturated rings. The second-order valence-corrected chi connectivity index (χ2v) is 7.05. The van der Waals surface area contributed by atoms with Gasteiger partial charge in [-0.2, -0.15) is 0 Å². The van der Waals surface area contributed by atoms with E-state index < -0.39 is 11.8 Å². The maximum absolute atomic E-state index is 12.1. The lowest BCUT2D eigenvalue weighted by Crippen LogP contribution is -2.29. The highest BCUT2D eigenvalue weighted by Gasteiger charge is 2.16. The lowest BCUT2D eigenvalue weighted by Gasteiger charge is -2.19. The second kappa shape index (κ2) is 6.87. The molecule has 2 amide bonds. The van der Waals surface area contributed by atoms with Crippen molar-refractivity contribution >= 4 is 23.2 Å². The van der Waals surface area contributed by atoms with E-state index in [0.29, 0.717) is 11.4 Å². The number of aryl methyl sites for hydroxylation is 2. The van der Waals surface area contributed by atoms with Crippen LogP contribution in [0.1, 0.15) is 37.5 Å². The fourth-order valence-corrected chi connectivity index (χ4v) is 2.29. The summed E-state index contributed by atoms with van der Waals surface area (Å²) in [7, 11) is 0. The van der Waals surface area contributed by atoms with Crippen LogP contribution in [0.3, 0.4) is 0 Å². The number of anilines is 2.